The molecule has 0 radical (unpaired) electrons. The number of phosphoric ester groups is 1. The minimum Gasteiger partial charge on any atom is -0.303 e. The summed E-state index contributed by atoms with van der Waals surface area (Å²) in [7, 11) is -4.27. The molecular weight excluding hydrogens is 438 g/mol. The van der Waals surface area contributed by atoms with Crippen molar-refractivity contribution in [3.05, 3.63) is 33.4 Å². The molecule has 0 spiro atoms. The second-order valence-corrected chi connectivity index (χ2v) is 8.72. The Bertz CT molecular complexity index is 490. The molecule has 0 atom stereocenters. The molecule has 0 heterocycles. The van der Waals surface area contributed by atoms with Crippen LogP contribution in [0.2, 0.25) is 0 Å². The maximum Gasteiger partial charge on any atom is 0.469 e. The van der Waals surface area contributed by atoms with Gasteiger partial charge >= 0.3 is 7.82 Å². The van der Waals surface area contributed by atoms with Gasteiger partial charge in [0.05, 0.1) is 6.61 Å². The minimum atomic E-state index is -4.27. The fourth-order valence-corrected chi connectivity index (χ4v) is 3.70. The molecule has 2 N–H and O–H groups in total. The highest BCUT2D eigenvalue weighted by Crippen LogP contribution is 2.35. The number of hydrogen-bond donors (Lipinski definition) is 2. The summed E-state index contributed by atoms with van der Waals surface area (Å²) >= 11 is 2.36. The van der Waals surface area contributed by atoms with Crippen LogP contribution in [-0.4, -0.2) is 16.4 Å². The van der Waals surface area contributed by atoms with Gasteiger partial charge in [-0.25, -0.2) is 4.57 Å². The highest BCUT2D eigenvalue weighted by Gasteiger charge is 2.12. The van der Waals surface area contributed by atoms with E-state index in [4.69, 9.17) is 9.79 Å². The maximum absolute atomic E-state index is 10.5. The zero-order valence-electron chi connectivity index (χ0n) is 14.3. The SMILES string of the molecule is O=P(O)(O)OCCCCCCCCCCCCc1cccc(I)c1. The highest BCUT2D eigenvalue weighted by atomic mass is 127. The molecule has 1 aromatic carbocycles. The zero-order valence-corrected chi connectivity index (χ0v) is 17.4. The van der Waals surface area contributed by atoms with E-state index >= 15 is 0 Å². The van der Waals surface area contributed by atoms with Crippen molar-refractivity contribution in [1.29, 1.82) is 0 Å². The summed E-state index contributed by atoms with van der Waals surface area (Å²) in [5, 5.41) is 0. The minimum absolute atomic E-state index is 0.157. The number of benzene rings is 1. The first-order chi connectivity index (χ1) is 11.5. The van der Waals surface area contributed by atoms with Crippen LogP contribution in [0.15, 0.2) is 24.3 Å². The summed E-state index contributed by atoms with van der Waals surface area (Å²) in [4.78, 5) is 17.1. The first-order valence-corrected chi connectivity index (χ1v) is 11.5. The molecule has 0 fully saturated rings. The molecule has 4 nitrogen and oxygen atoms in total. The lowest BCUT2D eigenvalue weighted by atomic mass is 10.0. The Balaban J connectivity index is 1.82. The lowest BCUT2D eigenvalue weighted by Gasteiger charge is -2.05. The van der Waals surface area contributed by atoms with E-state index in [0.29, 0.717) is 0 Å². The van der Waals surface area contributed by atoms with Crippen molar-refractivity contribution in [3.8, 4) is 0 Å². The van der Waals surface area contributed by atoms with Gasteiger partial charge in [0.15, 0.2) is 0 Å². The van der Waals surface area contributed by atoms with Crippen LogP contribution >= 0.6 is 30.4 Å². The van der Waals surface area contributed by atoms with E-state index in [1.54, 1.807) is 0 Å². The normalized spacial score (nSPS) is 11.8. The second-order valence-electron chi connectivity index (χ2n) is 6.24. The third-order valence-corrected chi connectivity index (χ3v) is 5.20. The molecule has 0 aliphatic rings. The topological polar surface area (TPSA) is 66.8 Å². The van der Waals surface area contributed by atoms with E-state index in [1.807, 2.05) is 0 Å². The lowest BCUT2D eigenvalue weighted by molar-refractivity contribution is 0.193. The molecule has 0 aliphatic carbocycles. The largest absolute Gasteiger partial charge is 0.469 e. The smallest absolute Gasteiger partial charge is 0.303 e. The highest BCUT2D eigenvalue weighted by molar-refractivity contribution is 14.1. The summed E-state index contributed by atoms with van der Waals surface area (Å²) in [6.07, 6.45) is 13.0. The Hall–Kier alpha value is 0.0600. The molecule has 0 bridgehead atoms. The summed E-state index contributed by atoms with van der Waals surface area (Å²) in [6.45, 7) is 0.157. The summed E-state index contributed by atoms with van der Waals surface area (Å²) in [6, 6.07) is 8.75. The molecule has 24 heavy (non-hydrogen) atoms. The van der Waals surface area contributed by atoms with Crippen molar-refractivity contribution in [2.45, 2.75) is 70.6 Å². The standard InChI is InChI=1S/C18H30IO4P/c19-18-14-11-13-17(16-18)12-9-7-5-3-1-2-4-6-8-10-15-23-24(20,21)22/h11,13-14,16H,1-10,12,15H2,(H2,20,21,22). The molecule has 1 aromatic rings. The monoisotopic (exact) mass is 468 g/mol. The van der Waals surface area contributed by atoms with Gasteiger partial charge in [0.25, 0.3) is 0 Å². The molecular formula is C18H30IO4P. The van der Waals surface area contributed by atoms with Crippen LogP contribution in [0.5, 0.6) is 0 Å². The predicted octanol–water partition coefficient (Wildman–Crippen LogP) is 5.84. The maximum atomic E-state index is 10.5. The molecule has 0 saturated carbocycles. The van der Waals surface area contributed by atoms with Crippen molar-refractivity contribution in [2.24, 2.45) is 0 Å². The van der Waals surface area contributed by atoms with Gasteiger partial charge in [-0.2, -0.15) is 0 Å². The number of phosphoric acid groups is 1. The number of aryl methyl sites for hydroxylation is 1. The molecule has 138 valence electrons. The number of rotatable bonds is 14. The Morgan fingerprint density at radius 3 is 1.96 bits per heavy atom. The van der Waals surface area contributed by atoms with E-state index in [-0.39, 0.29) is 6.61 Å². The van der Waals surface area contributed by atoms with Crippen LogP contribution in [0.4, 0.5) is 0 Å². The summed E-state index contributed by atoms with van der Waals surface area (Å²) in [5.74, 6) is 0. The van der Waals surface area contributed by atoms with Crippen LogP contribution < -0.4 is 0 Å². The Kier molecular flexibility index (Phi) is 12.2. The van der Waals surface area contributed by atoms with Gasteiger partial charge in [-0.3, -0.25) is 4.52 Å². The van der Waals surface area contributed by atoms with Crippen molar-refractivity contribution >= 4 is 30.4 Å². The van der Waals surface area contributed by atoms with Crippen LogP contribution in [0.1, 0.15) is 69.8 Å². The fourth-order valence-electron chi connectivity index (χ4n) is 2.72. The fraction of sp³-hybridized carbons (Fsp3) is 0.667. The zero-order chi connectivity index (χ0) is 17.7. The van der Waals surface area contributed by atoms with Crippen LogP contribution in [0.25, 0.3) is 0 Å². The predicted molar refractivity (Wildman–Crippen MR) is 107 cm³/mol. The lowest BCUT2D eigenvalue weighted by Crippen LogP contribution is -1.92. The first-order valence-electron chi connectivity index (χ1n) is 8.92. The van der Waals surface area contributed by atoms with Gasteiger partial charge in [-0.1, -0.05) is 63.5 Å². The average molecular weight is 468 g/mol. The van der Waals surface area contributed by atoms with Gasteiger partial charge in [-0.05, 0) is 59.5 Å². The Labute approximate surface area is 159 Å². The molecule has 0 amide bonds. The quantitative estimate of drug-likeness (QED) is 0.204. The van der Waals surface area contributed by atoms with Crippen molar-refractivity contribution in [2.75, 3.05) is 6.61 Å². The average Bonchev–Trinajstić information content (AvgIpc) is 2.51. The molecule has 1 rings (SSSR count). The van der Waals surface area contributed by atoms with Gasteiger partial charge in [0.2, 0.25) is 0 Å². The van der Waals surface area contributed by atoms with Crippen LogP contribution in [0, 0.1) is 3.57 Å². The third kappa shape index (κ3) is 13.4. The van der Waals surface area contributed by atoms with Crippen molar-refractivity contribution in [3.63, 3.8) is 0 Å². The van der Waals surface area contributed by atoms with E-state index in [2.05, 4.69) is 51.4 Å². The molecule has 0 saturated heterocycles. The number of hydrogen-bond acceptors (Lipinski definition) is 2. The molecule has 6 heteroatoms. The molecule has 0 aromatic heterocycles. The molecule has 0 unspecified atom stereocenters. The summed E-state index contributed by atoms with van der Waals surface area (Å²) < 4.78 is 16.2. The Morgan fingerprint density at radius 2 is 1.42 bits per heavy atom. The van der Waals surface area contributed by atoms with E-state index in [0.717, 1.165) is 19.3 Å². The van der Waals surface area contributed by atoms with Gasteiger partial charge in [0, 0.05) is 3.57 Å². The van der Waals surface area contributed by atoms with Crippen LogP contribution in [-0.2, 0) is 15.5 Å². The number of halogens is 1. The van der Waals surface area contributed by atoms with Gasteiger partial charge < -0.3 is 9.79 Å². The molecule has 0 aliphatic heterocycles. The summed E-state index contributed by atoms with van der Waals surface area (Å²) in [5.41, 5.74) is 1.45. The number of unbranched alkanes of at least 4 members (excludes halogenated alkanes) is 9. The Morgan fingerprint density at radius 1 is 0.875 bits per heavy atom. The second kappa shape index (κ2) is 13.3. The van der Waals surface area contributed by atoms with E-state index in [9.17, 15) is 4.57 Å². The van der Waals surface area contributed by atoms with Crippen molar-refractivity contribution in [1.82, 2.24) is 0 Å². The van der Waals surface area contributed by atoms with Gasteiger partial charge in [-0.15, -0.1) is 0 Å². The van der Waals surface area contributed by atoms with E-state index in [1.165, 1.54) is 60.5 Å². The first kappa shape index (κ1) is 22.1. The third-order valence-electron chi connectivity index (χ3n) is 4.01. The van der Waals surface area contributed by atoms with E-state index < -0.39 is 7.82 Å². The van der Waals surface area contributed by atoms with Crippen molar-refractivity contribution < 1.29 is 18.9 Å². The van der Waals surface area contributed by atoms with Crippen LogP contribution in [0.3, 0.4) is 0 Å². The van der Waals surface area contributed by atoms with Gasteiger partial charge in [0.1, 0.15) is 0 Å².